The quantitative estimate of drug-likeness (QED) is 0.684. The number of pyridine rings is 1. The van der Waals surface area contributed by atoms with Gasteiger partial charge in [-0.05, 0) is 57.5 Å². The minimum atomic E-state index is -4.72. The largest absolute Gasteiger partial charge is 0.444 e. The number of hydrogen-bond acceptors (Lipinski definition) is 5. The van der Waals surface area contributed by atoms with Crippen LogP contribution in [0.2, 0.25) is 0 Å². The molecule has 2 aromatic rings. The number of rotatable bonds is 4. The van der Waals surface area contributed by atoms with Crippen molar-refractivity contribution in [2.45, 2.75) is 52.1 Å². The van der Waals surface area contributed by atoms with E-state index in [0.717, 1.165) is 17.8 Å². The molecule has 0 radical (unpaired) electrons. The average Bonchev–Trinajstić information content (AvgIpc) is 2.74. The fourth-order valence-corrected chi connectivity index (χ4v) is 3.66. The van der Waals surface area contributed by atoms with Crippen LogP contribution in [0.3, 0.4) is 0 Å². The summed E-state index contributed by atoms with van der Waals surface area (Å²) in [6, 6.07) is 9.44. The van der Waals surface area contributed by atoms with E-state index in [2.05, 4.69) is 15.2 Å². The number of alkyl halides is 3. The summed E-state index contributed by atoms with van der Waals surface area (Å²) in [6.07, 6.45) is -4.04. The number of benzene rings is 1. The smallest absolute Gasteiger partial charge is 0.434 e. The van der Waals surface area contributed by atoms with E-state index in [4.69, 9.17) is 4.74 Å². The summed E-state index contributed by atoms with van der Waals surface area (Å²) in [7, 11) is 0. The second-order valence-corrected chi connectivity index (χ2v) is 9.29. The number of nitrogens with zero attached hydrogens (tertiary/aromatic N) is 3. The number of amides is 2. The summed E-state index contributed by atoms with van der Waals surface area (Å²) in [5, 5.41) is 2.50. The zero-order valence-corrected chi connectivity index (χ0v) is 19.6. The van der Waals surface area contributed by atoms with Crippen molar-refractivity contribution < 1.29 is 27.5 Å². The first-order chi connectivity index (χ1) is 15.8. The highest BCUT2D eigenvalue weighted by atomic mass is 19.4. The Bertz CT molecular complexity index is 1020. The number of halogens is 3. The van der Waals surface area contributed by atoms with Crippen LogP contribution in [0, 0.1) is 0 Å². The van der Waals surface area contributed by atoms with Gasteiger partial charge in [0.1, 0.15) is 5.60 Å². The molecule has 1 aromatic carbocycles. The zero-order chi connectivity index (χ0) is 25.1. The van der Waals surface area contributed by atoms with Gasteiger partial charge < -0.3 is 15.0 Å². The lowest BCUT2D eigenvalue weighted by molar-refractivity contribution is -0.141. The molecule has 34 heavy (non-hydrogen) atoms. The Hall–Kier alpha value is -3.14. The molecule has 1 saturated heterocycles. The van der Waals surface area contributed by atoms with Gasteiger partial charge in [-0.15, -0.1) is 0 Å². The molecular formula is C24H29F3N4O3. The van der Waals surface area contributed by atoms with Gasteiger partial charge in [0.15, 0.2) is 5.69 Å². The SMILES string of the molecule is C[C@H]1CN(C(=O)OC(C)(C)C)CCN1Cc1ccc(NC(=O)c2cccnc2C(F)(F)F)cc1. The number of carbonyl (C=O) groups is 2. The van der Waals surface area contributed by atoms with Crippen LogP contribution >= 0.6 is 0 Å². The normalized spacial score (nSPS) is 17.4. The van der Waals surface area contributed by atoms with Gasteiger partial charge in [-0.1, -0.05) is 12.1 Å². The van der Waals surface area contributed by atoms with Gasteiger partial charge in [-0.25, -0.2) is 4.79 Å². The van der Waals surface area contributed by atoms with Crippen molar-refractivity contribution in [1.82, 2.24) is 14.8 Å². The third kappa shape index (κ3) is 6.69. The topological polar surface area (TPSA) is 74.8 Å². The predicted molar refractivity (Wildman–Crippen MR) is 121 cm³/mol. The van der Waals surface area contributed by atoms with Gasteiger partial charge in [-0.3, -0.25) is 14.7 Å². The first kappa shape index (κ1) is 25.5. The van der Waals surface area contributed by atoms with E-state index < -0.39 is 28.9 Å². The molecule has 3 rings (SSSR count). The van der Waals surface area contributed by atoms with Crippen LogP contribution in [0.25, 0.3) is 0 Å². The van der Waals surface area contributed by atoms with E-state index in [-0.39, 0.29) is 12.1 Å². The summed E-state index contributed by atoms with van der Waals surface area (Å²) >= 11 is 0. The van der Waals surface area contributed by atoms with Crippen molar-refractivity contribution in [3.05, 3.63) is 59.4 Å². The number of aromatic nitrogens is 1. The second kappa shape index (κ2) is 10.0. The molecule has 1 aromatic heterocycles. The second-order valence-electron chi connectivity index (χ2n) is 9.29. The first-order valence-corrected chi connectivity index (χ1v) is 11.0. The highest BCUT2D eigenvalue weighted by Gasteiger charge is 2.37. The van der Waals surface area contributed by atoms with E-state index in [1.54, 1.807) is 17.0 Å². The Kier molecular flexibility index (Phi) is 7.50. The van der Waals surface area contributed by atoms with E-state index in [1.165, 1.54) is 6.07 Å². The standard InChI is InChI=1S/C24H29F3N4O3/c1-16-14-31(22(33)34-23(2,3)4)13-12-30(16)15-17-7-9-18(10-8-17)29-21(32)19-6-5-11-28-20(19)24(25,26)27/h5-11,16H,12-15H2,1-4H3,(H,29,32)/t16-/m0/s1. The highest BCUT2D eigenvalue weighted by molar-refractivity contribution is 6.05. The number of ether oxygens (including phenoxy) is 1. The minimum absolute atomic E-state index is 0.118. The van der Waals surface area contributed by atoms with Gasteiger partial charge >= 0.3 is 12.3 Å². The number of anilines is 1. The molecular weight excluding hydrogens is 449 g/mol. The first-order valence-electron chi connectivity index (χ1n) is 11.0. The van der Waals surface area contributed by atoms with Crippen LogP contribution < -0.4 is 5.32 Å². The average molecular weight is 479 g/mol. The Labute approximate surface area is 196 Å². The minimum Gasteiger partial charge on any atom is -0.444 e. The van der Waals surface area contributed by atoms with Gasteiger partial charge in [0.2, 0.25) is 0 Å². The summed E-state index contributed by atoms with van der Waals surface area (Å²) < 4.78 is 44.8. The Morgan fingerprint density at radius 3 is 2.38 bits per heavy atom. The summed E-state index contributed by atoms with van der Waals surface area (Å²) in [6.45, 7) is 9.97. The lowest BCUT2D eigenvalue weighted by Crippen LogP contribution is -2.54. The summed E-state index contributed by atoms with van der Waals surface area (Å²) in [4.78, 5) is 32.0. The molecule has 1 fully saturated rings. The molecule has 1 atom stereocenters. The van der Waals surface area contributed by atoms with Crippen molar-refractivity contribution in [3.63, 3.8) is 0 Å². The molecule has 2 heterocycles. The maximum atomic E-state index is 13.1. The molecule has 184 valence electrons. The molecule has 10 heteroatoms. The van der Waals surface area contributed by atoms with Crippen molar-refractivity contribution in [2.75, 3.05) is 25.0 Å². The van der Waals surface area contributed by atoms with Gasteiger partial charge in [0.05, 0.1) is 5.56 Å². The van der Waals surface area contributed by atoms with Crippen LogP contribution in [-0.4, -0.2) is 58.1 Å². The molecule has 1 aliphatic rings. The third-order valence-corrected chi connectivity index (χ3v) is 5.34. The fourth-order valence-electron chi connectivity index (χ4n) is 3.66. The lowest BCUT2D eigenvalue weighted by atomic mass is 10.1. The Balaban J connectivity index is 1.58. The molecule has 0 aliphatic carbocycles. The summed E-state index contributed by atoms with van der Waals surface area (Å²) in [5.41, 5.74) is -0.930. The number of nitrogens with one attached hydrogen (secondary N) is 1. The van der Waals surface area contributed by atoms with Crippen molar-refractivity contribution in [3.8, 4) is 0 Å². The van der Waals surface area contributed by atoms with Crippen molar-refractivity contribution in [2.24, 2.45) is 0 Å². The Morgan fingerprint density at radius 2 is 1.79 bits per heavy atom. The molecule has 1 N–H and O–H groups in total. The molecule has 0 spiro atoms. The Morgan fingerprint density at radius 1 is 1.12 bits per heavy atom. The van der Waals surface area contributed by atoms with Gasteiger partial charge in [-0.2, -0.15) is 13.2 Å². The molecule has 0 saturated carbocycles. The molecule has 7 nitrogen and oxygen atoms in total. The number of piperazine rings is 1. The molecule has 1 aliphatic heterocycles. The van der Waals surface area contributed by atoms with E-state index in [0.29, 0.717) is 31.9 Å². The molecule has 2 amide bonds. The van der Waals surface area contributed by atoms with E-state index in [9.17, 15) is 22.8 Å². The van der Waals surface area contributed by atoms with Crippen molar-refractivity contribution in [1.29, 1.82) is 0 Å². The number of carbonyl (C=O) groups excluding carboxylic acids is 2. The highest BCUT2D eigenvalue weighted by Crippen LogP contribution is 2.30. The third-order valence-electron chi connectivity index (χ3n) is 5.34. The predicted octanol–water partition coefficient (Wildman–Crippen LogP) is 4.79. The van der Waals surface area contributed by atoms with Crippen LogP contribution in [0.5, 0.6) is 0 Å². The van der Waals surface area contributed by atoms with Gasteiger partial charge in [0.25, 0.3) is 5.91 Å². The molecule has 0 unspecified atom stereocenters. The zero-order valence-electron chi connectivity index (χ0n) is 19.6. The van der Waals surface area contributed by atoms with Crippen LogP contribution in [0.4, 0.5) is 23.7 Å². The van der Waals surface area contributed by atoms with Crippen LogP contribution in [-0.2, 0) is 17.5 Å². The lowest BCUT2D eigenvalue weighted by Gasteiger charge is -2.40. The van der Waals surface area contributed by atoms with Crippen LogP contribution in [0.15, 0.2) is 42.6 Å². The van der Waals surface area contributed by atoms with Crippen LogP contribution in [0.1, 0.15) is 49.3 Å². The maximum Gasteiger partial charge on any atom is 0.434 e. The van der Waals surface area contributed by atoms with Crippen molar-refractivity contribution >= 4 is 17.7 Å². The number of hydrogen-bond donors (Lipinski definition) is 1. The van der Waals surface area contributed by atoms with E-state index >= 15 is 0 Å². The molecule has 0 bridgehead atoms. The van der Waals surface area contributed by atoms with E-state index in [1.807, 2.05) is 39.8 Å². The fraction of sp³-hybridized carbons (Fsp3) is 0.458. The monoisotopic (exact) mass is 478 g/mol. The maximum absolute atomic E-state index is 13.1. The summed E-state index contributed by atoms with van der Waals surface area (Å²) in [5.74, 6) is -0.875. The van der Waals surface area contributed by atoms with Gasteiger partial charge in [0, 0.05) is 44.1 Å².